The van der Waals surface area contributed by atoms with Crippen LogP contribution < -0.4 is 4.74 Å². The lowest BCUT2D eigenvalue weighted by Gasteiger charge is -2.27. The van der Waals surface area contributed by atoms with Gasteiger partial charge in [0.05, 0.1) is 29.5 Å². The number of phenolic OH excluding ortho intramolecular Hbond substituents is 1. The third-order valence-corrected chi connectivity index (χ3v) is 11.6. The van der Waals surface area contributed by atoms with Gasteiger partial charge in [-0.25, -0.2) is 0 Å². The van der Waals surface area contributed by atoms with Crippen molar-refractivity contribution in [2.24, 2.45) is 0 Å². The number of hydrogen-bond acceptors (Lipinski definition) is 10. The largest absolute Gasteiger partial charge is 0.507 e. The first kappa shape index (κ1) is 33.7. The molecule has 0 radical (unpaired) electrons. The van der Waals surface area contributed by atoms with Gasteiger partial charge in [0.2, 0.25) is 0 Å². The number of esters is 2. The van der Waals surface area contributed by atoms with Crippen LogP contribution in [-0.2, 0) is 25.5 Å². The zero-order valence-corrected chi connectivity index (χ0v) is 26.2. The van der Waals surface area contributed by atoms with Crippen molar-refractivity contribution >= 4 is 53.0 Å². The van der Waals surface area contributed by atoms with Crippen molar-refractivity contribution in [3.63, 3.8) is 0 Å². The van der Waals surface area contributed by atoms with Crippen LogP contribution >= 0.6 is 35.3 Å². The maximum absolute atomic E-state index is 12.0. The monoisotopic (exact) mass is 600 g/mol. The second-order valence-corrected chi connectivity index (χ2v) is 13.9. The molecule has 10 heteroatoms. The Hall–Kier alpha value is -1.52. The average Bonchev–Trinajstić information content (AvgIpc) is 3.31. The van der Waals surface area contributed by atoms with E-state index < -0.39 is 0 Å². The van der Waals surface area contributed by atoms with Crippen LogP contribution in [0.4, 0.5) is 0 Å². The minimum atomic E-state index is -0.180. The smallest absolute Gasteiger partial charge is 0.305 e. The summed E-state index contributed by atoms with van der Waals surface area (Å²) in [6.07, 6.45) is 5.57. The van der Waals surface area contributed by atoms with E-state index in [9.17, 15) is 19.5 Å². The summed E-state index contributed by atoms with van der Waals surface area (Å²) < 4.78 is 16.1. The predicted molar refractivity (Wildman–Crippen MR) is 162 cm³/mol. The summed E-state index contributed by atoms with van der Waals surface area (Å²) in [5.41, 5.74) is 1.06. The summed E-state index contributed by atoms with van der Waals surface area (Å²) in [7, 11) is 0. The van der Waals surface area contributed by atoms with E-state index in [-0.39, 0.29) is 27.6 Å². The Balaban J connectivity index is 1.76. The van der Waals surface area contributed by atoms with E-state index in [1.807, 2.05) is 56.1 Å². The number of carbonyl (C=O) groups excluding carboxylic acids is 3. The summed E-state index contributed by atoms with van der Waals surface area (Å²) in [4.78, 5) is 35.7. The van der Waals surface area contributed by atoms with Crippen molar-refractivity contribution in [1.82, 2.24) is 0 Å². The number of benzene rings is 1. The van der Waals surface area contributed by atoms with Gasteiger partial charge >= 0.3 is 11.9 Å². The Morgan fingerprint density at radius 3 is 2.31 bits per heavy atom. The Labute approximate surface area is 246 Å². The van der Waals surface area contributed by atoms with E-state index in [4.69, 9.17) is 14.2 Å². The highest BCUT2D eigenvalue weighted by Crippen LogP contribution is 2.54. The quantitative estimate of drug-likeness (QED) is 0.105. The second-order valence-electron chi connectivity index (χ2n) is 9.45. The first-order chi connectivity index (χ1) is 18.7. The molecule has 39 heavy (non-hydrogen) atoms. The molecule has 1 aromatic carbocycles. The summed E-state index contributed by atoms with van der Waals surface area (Å²) in [5, 5.41) is 11.0. The van der Waals surface area contributed by atoms with Crippen LogP contribution in [0.5, 0.6) is 11.5 Å². The molecular weight excluding hydrogens is 557 g/mol. The molecule has 1 heterocycles. The van der Waals surface area contributed by atoms with Gasteiger partial charge in [-0.05, 0) is 70.8 Å². The molecule has 1 N–H and O–H groups in total. The topological polar surface area (TPSA) is 99.1 Å². The lowest BCUT2D eigenvalue weighted by Crippen LogP contribution is -2.22. The molecule has 1 atom stereocenters. The van der Waals surface area contributed by atoms with Crippen molar-refractivity contribution in [3.05, 3.63) is 23.3 Å². The molecule has 1 aromatic rings. The van der Waals surface area contributed by atoms with Crippen molar-refractivity contribution in [2.45, 2.75) is 88.4 Å². The van der Waals surface area contributed by atoms with Gasteiger partial charge in [-0.2, -0.15) is 11.8 Å². The van der Waals surface area contributed by atoms with E-state index in [1.165, 1.54) is 6.92 Å². The fourth-order valence-electron chi connectivity index (χ4n) is 4.37. The normalized spacial score (nSPS) is 16.2. The van der Waals surface area contributed by atoms with Gasteiger partial charge < -0.3 is 19.3 Å². The molecule has 1 unspecified atom stereocenters. The van der Waals surface area contributed by atoms with Gasteiger partial charge in [0.25, 0.3) is 0 Å². The zero-order valence-electron chi connectivity index (χ0n) is 23.8. The summed E-state index contributed by atoms with van der Waals surface area (Å²) in [6.45, 7) is 8.45. The van der Waals surface area contributed by atoms with Crippen LogP contribution in [0.3, 0.4) is 0 Å². The number of unbranched alkanes of at least 4 members (excludes halogenated alkanes) is 1. The third kappa shape index (κ3) is 11.5. The number of phenols is 1. The molecule has 2 rings (SSSR count). The predicted octanol–water partition coefficient (Wildman–Crippen LogP) is 6.67. The van der Waals surface area contributed by atoms with Crippen LogP contribution in [0.2, 0.25) is 0 Å². The van der Waals surface area contributed by atoms with Gasteiger partial charge in [-0.3, -0.25) is 14.4 Å². The van der Waals surface area contributed by atoms with E-state index in [0.29, 0.717) is 74.1 Å². The van der Waals surface area contributed by atoms with Crippen LogP contribution in [0, 0.1) is 0 Å². The van der Waals surface area contributed by atoms with Crippen molar-refractivity contribution in [3.8, 4) is 11.5 Å². The molecule has 0 spiro atoms. The molecule has 220 valence electrons. The molecule has 7 nitrogen and oxygen atoms in total. The molecule has 0 bridgehead atoms. The maximum Gasteiger partial charge on any atom is 0.305 e. The molecule has 0 aromatic heterocycles. The molecule has 1 aliphatic heterocycles. The minimum absolute atomic E-state index is 0.0462. The minimum Gasteiger partial charge on any atom is -0.507 e. The lowest BCUT2D eigenvalue weighted by atomic mass is 10.0. The fourth-order valence-corrected chi connectivity index (χ4v) is 9.54. The lowest BCUT2D eigenvalue weighted by molar-refractivity contribution is -0.143. The Morgan fingerprint density at radius 2 is 1.72 bits per heavy atom. The molecule has 1 saturated heterocycles. The van der Waals surface area contributed by atoms with Crippen LogP contribution in [0.25, 0.3) is 0 Å². The van der Waals surface area contributed by atoms with Crippen molar-refractivity contribution in [1.29, 1.82) is 0 Å². The molecule has 1 fully saturated rings. The van der Waals surface area contributed by atoms with E-state index >= 15 is 0 Å². The summed E-state index contributed by atoms with van der Waals surface area (Å²) in [6, 6.07) is 3.43. The first-order valence-corrected chi connectivity index (χ1v) is 17.0. The van der Waals surface area contributed by atoms with Gasteiger partial charge in [0, 0.05) is 35.2 Å². The fraction of sp³-hybridized carbons (Fsp3) is 0.690. The number of carbonyl (C=O) groups is 3. The Morgan fingerprint density at radius 1 is 1.05 bits per heavy atom. The van der Waals surface area contributed by atoms with Gasteiger partial charge in [0.1, 0.15) is 11.5 Å². The second kappa shape index (κ2) is 18.0. The maximum atomic E-state index is 12.0. The molecule has 0 saturated carbocycles. The standard InChI is InChI=1S/C29H44O7S3/c1-5-10-24-25(12-11-23(21(4)30)28(24)33)36-17-8-9-18-37-19-22-20-38-29(39-22,15-13-26(31)34-6-2)16-14-27(32)35-7-3/h11-12,22,33H,5-10,13-20H2,1-4H3. The van der Waals surface area contributed by atoms with Gasteiger partial charge in [-0.15, -0.1) is 23.5 Å². The third-order valence-electron chi connectivity index (χ3n) is 6.31. The molecular formula is C29H44O7S3. The number of hydrogen-bond donors (Lipinski definition) is 1. The van der Waals surface area contributed by atoms with Crippen molar-refractivity contribution in [2.75, 3.05) is 37.1 Å². The van der Waals surface area contributed by atoms with Gasteiger partial charge in [0.15, 0.2) is 5.78 Å². The first-order valence-electron chi connectivity index (χ1n) is 13.9. The van der Waals surface area contributed by atoms with Crippen molar-refractivity contribution < 1.29 is 33.7 Å². The van der Waals surface area contributed by atoms with E-state index in [0.717, 1.165) is 36.5 Å². The number of rotatable bonds is 19. The Bertz CT molecular complexity index is 916. The van der Waals surface area contributed by atoms with E-state index in [1.54, 1.807) is 12.1 Å². The van der Waals surface area contributed by atoms with Crippen LogP contribution in [0.15, 0.2) is 12.1 Å². The highest BCUT2D eigenvalue weighted by Gasteiger charge is 2.41. The van der Waals surface area contributed by atoms with Crippen LogP contribution in [0.1, 0.15) is 88.6 Å². The van der Waals surface area contributed by atoms with Gasteiger partial charge in [-0.1, -0.05) is 13.3 Å². The van der Waals surface area contributed by atoms with Crippen LogP contribution in [-0.4, -0.2) is 69.2 Å². The molecule has 0 amide bonds. The van der Waals surface area contributed by atoms with E-state index in [2.05, 4.69) is 0 Å². The average molecular weight is 601 g/mol. The number of aromatic hydroxyl groups is 1. The Kier molecular flexibility index (Phi) is 15.6. The highest BCUT2D eigenvalue weighted by atomic mass is 32.2. The number of thioether (sulfide) groups is 3. The highest BCUT2D eigenvalue weighted by molar-refractivity contribution is 8.22. The summed E-state index contributed by atoms with van der Waals surface area (Å²) >= 11 is 5.71. The molecule has 1 aliphatic rings. The molecule has 0 aliphatic carbocycles. The summed E-state index contributed by atoms with van der Waals surface area (Å²) in [5.74, 6) is 3.26. The number of ether oxygens (including phenoxy) is 3. The zero-order chi connectivity index (χ0) is 28.7. The number of Topliss-reactive ketones (excluding diaryl/α,β-unsaturated/α-hetero) is 1. The number of ketones is 1. The SMILES string of the molecule is CCCc1c(OCCCCSCC2CSC(CCC(=O)OCC)(CCC(=O)OCC)S2)ccc(C(C)=O)c1O.